The first-order valence-corrected chi connectivity index (χ1v) is 6.35. The number of carbonyl (C=O) groups is 2. The van der Waals surface area contributed by atoms with E-state index in [9.17, 15) is 9.59 Å². The van der Waals surface area contributed by atoms with E-state index in [0.717, 1.165) is 12.8 Å². The molecule has 5 heteroatoms. The zero-order valence-electron chi connectivity index (χ0n) is 10.7. The van der Waals surface area contributed by atoms with Gasteiger partial charge in [0.15, 0.2) is 0 Å². The molecule has 1 saturated heterocycles. The highest BCUT2D eigenvalue weighted by atomic mass is 16.2. The number of nitrogens with one attached hydrogen (secondary N) is 2. The van der Waals surface area contributed by atoms with Crippen LogP contribution < -0.4 is 16.4 Å². The molecule has 1 fully saturated rings. The number of amides is 2. The second-order valence-corrected chi connectivity index (χ2v) is 4.72. The zero-order chi connectivity index (χ0) is 12.9. The molecule has 0 radical (unpaired) electrons. The Hall–Kier alpha value is -1.10. The maximum atomic E-state index is 12.1. The molecular formula is C12H23N3O2. The number of hydrogen-bond donors (Lipinski definition) is 3. The number of piperidine rings is 1. The molecule has 1 aliphatic heterocycles. The summed E-state index contributed by atoms with van der Waals surface area (Å²) in [4.78, 5) is 23.1. The Morgan fingerprint density at radius 1 is 1.53 bits per heavy atom. The second-order valence-electron chi connectivity index (χ2n) is 4.72. The molecule has 0 aromatic rings. The Morgan fingerprint density at radius 3 is 2.59 bits per heavy atom. The van der Waals surface area contributed by atoms with Crippen LogP contribution in [0.3, 0.4) is 0 Å². The molecule has 2 amide bonds. The minimum absolute atomic E-state index is 0.0131. The zero-order valence-corrected chi connectivity index (χ0v) is 10.7. The maximum Gasteiger partial charge on any atom is 0.225 e. The summed E-state index contributed by atoms with van der Waals surface area (Å²) >= 11 is 0. The van der Waals surface area contributed by atoms with Crippen molar-refractivity contribution in [2.75, 3.05) is 13.1 Å². The lowest BCUT2D eigenvalue weighted by atomic mass is 9.90. The van der Waals surface area contributed by atoms with E-state index in [4.69, 9.17) is 5.73 Å². The number of hydrogen-bond acceptors (Lipinski definition) is 3. The van der Waals surface area contributed by atoms with Crippen LogP contribution in [-0.2, 0) is 9.59 Å². The fourth-order valence-corrected chi connectivity index (χ4v) is 2.09. The van der Waals surface area contributed by atoms with Gasteiger partial charge in [-0.05, 0) is 19.3 Å². The first kappa shape index (κ1) is 14.0. The van der Waals surface area contributed by atoms with E-state index in [2.05, 4.69) is 10.6 Å². The Morgan fingerprint density at radius 2 is 2.18 bits per heavy atom. The van der Waals surface area contributed by atoms with Crippen LogP contribution in [0.5, 0.6) is 0 Å². The van der Waals surface area contributed by atoms with E-state index in [1.54, 1.807) is 0 Å². The monoisotopic (exact) mass is 241 g/mol. The molecule has 0 bridgehead atoms. The van der Waals surface area contributed by atoms with Crippen LogP contribution in [0, 0.1) is 5.92 Å². The van der Waals surface area contributed by atoms with Crippen LogP contribution in [0.15, 0.2) is 0 Å². The average Bonchev–Trinajstić information content (AvgIpc) is 2.37. The molecule has 5 nitrogen and oxygen atoms in total. The Balaban J connectivity index is 2.55. The van der Waals surface area contributed by atoms with Crippen molar-refractivity contribution in [1.29, 1.82) is 0 Å². The molecule has 1 unspecified atom stereocenters. The van der Waals surface area contributed by atoms with Gasteiger partial charge in [0.05, 0.1) is 11.5 Å². The smallest absolute Gasteiger partial charge is 0.225 e. The van der Waals surface area contributed by atoms with Crippen LogP contribution >= 0.6 is 0 Å². The highest BCUT2D eigenvalue weighted by molar-refractivity contribution is 5.84. The van der Waals surface area contributed by atoms with Gasteiger partial charge in [-0.15, -0.1) is 0 Å². The summed E-state index contributed by atoms with van der Waals surface area (Å²) in [7, 11) is 0. The molecule has 1 rings (SSSR count). The molecule has 0 aromatic heterocycles. The van der Waals surface area contributed by atoms with Gasteiger partial charge >= 0.3 is 0 Å². The van der Waals surface area contributed by atoms with Crippen molar-refractivity contribution < 1.29 is 9.59 Å². The van der Waals surface area contributed by atoms with Gasteiger partial charge in [-0.25, -0.2) is 0 Å². The standard InChI is InChI=1S/C12H23N3O2/c1-3-12(4-2,8-13)15-11(17)9-5-6-10(16)14-7-9/h9H,3-8,13H2,1-2H3,(H,14,16)(H,15,17). The van der Waals surface area contributed by atoms with Crippen LogP contribution in [0.4, 0.5) is 0 Å². The van der Waals surface area contributed by atoms with E-state index < -0.39 is 0 Å². The van der Waals surface area contributed by atoms with Crippen LogP contribution in [0.25, 0.3) is 0 Å². The molecule has 4 N–H and O–H groups in total. The highest BCUT2D eigenvalue weighted by Crippen LogP contribution is 2.17. The SMILES string of the molecule is CCC(CC)(CN)NC(=O)C1CCC(=O)NC1. The summed E-state index contributed by atoms with van der Waals surface area (Å²) in [6.07, 6.45) is 2.72. The third-order valence-electron chi connectivity index (χ3n) is 3.77. The molecular weight excluding hydrogens is 218 g/mol. The highest BCUT2D eigenvalue weighted by Gasteiger charge is 2.31. The van der Waals surface area contributed by atoms with Gasteiger partial charge in [0.2, 0.25) is 11.8 Å². The van der Waals surface area contributed by atoms with Crippen molar-refractivity contribution in [3.8, 4) is 0 Å². The Kier molecular flexibility index (Phi) is 4.93. The van der Waals surface area contributed by atoms with Crippen molar-refractivity contribution in [3.05, 3.63) is 0 Å². The molecule has 0 aliphatic carbocycles. The molecule has 1 heterocycles. The summed E-state index contributed by atoms with van der Waals surface area (Å²) in [6, 6.07) is 0. The summed E-state index contributed by atoms with van der Waals surface area (Å²) in [5.41, 5.74) is 5.45. The van der Waals surface area contributed by atoms with E-state index in [-0.39, 0.29) is 23.3 Å². The van der Waals surface area contributed by atoms with E-state index >= 15 is 0 Å². The molecule has 1 aliphatic rings. The van der Waals surface area contributed by atoms with Gasteiger partial charge in [0, 0.05) is 19.5 Å². The Bertz CT molecular complexity index is 269. The molecule has 98 valence electrons. The molecule has 0 saturated carbocycles. The van der Waals surface area contributed by atoms with E-state index in [1.165, 1.54) is 0 Å². The quantitative estimate of drug-likeness (QED) is 0.640. The van der Waals surface area contributed by atoms with Crippen molar-refractivity contribution in [2.45, 2.75) is 45.1 Å². The lowest BCUT2D eigenvalue weighted by Crippen LogP contribution is -2.56. The predicted octanol–water partition coefficient (Wildman–Crippen LogP) is 0.146. The third-order valence-corrected chi connectivity index (χ3v) is 3.77. The van der Waals surface area contributed by atoms with E-state index in [0.29, 0.717) is 25.9 Å². The fourth-order valence-electron chi connectivity index (χ4n) is 2.09. The number of nitrogens with two attached hydrogens (primary N) is 1. The van der Waals surface area contributed by atoms with Gasteiger partial charge in [0.1, 0.15) is 0 Å². The van der Waals surface area contributed by atoms with Crippen molar-refractivity contribution in [1.82, 2.24) is 10.6 Å². The van der Waals surface area contributed by atoms with Crippen molar-refractivity contribution >= 4 is 11.8 Å². The minimum Gasteiger partial charge on any atom is -0.355 e. The van der Waals surface area contributed by atoms with Gasteiger partial charge < -0.3 is 16.4 Å². The summed E-state index contributed by atoms with van der Waals surface area (Å²) in [6.45, 7) is 4.95. The van der Waals surface area contributed by atoms with Crippen LogP contribution in [0.2, 0.25) is 0 Å². The normalized spacial score (nSPS) is 20.9. The van der Waals surface area contributed by atoms with Gasteiger partial charge in [-0.3, -0.25) is 9.59 Å². The summed E-state index contributed by atoms with van der Waals surface area (Å²) in [5.74, 6) is -0.0685. The molecule has 1 atom stereocenters. The lowest BCUT2D eigenvalue weighted by molar-refractivity contribution is -0.130. The van der Waals surface area contributed by atoms with Gasteiger partial charge in [0.25, 0.3) is 0 Å². The molecule has 0 spiro atoms. The molecule has 17 heavy (non-hydrogen) atoms. The van der Waals surface area contributed by atoms with Crippen LogP contribution in [-0.4, -0.2) is 30.4 Å². The minimum atomic E-state index is -0.293. The first-order chi connectivity index (χ1) is 8.06. The first-order valence-electron chi connectivity index (χ1n) is 6.35. The van der Waals surface area contributed by atoms with Crippen LogP contribution in [0.1, 0.15) is 39.5 Å². The Labute approximate surface area is 103 Å². The van der Waals surface area contributed by atoms with E-state index in [1.807, 2.05) is 13.8 Å². The van der Waals surface area contributed by atoms with Crippen molar-refractivity contribution in [3.63, 3.8) is 0 Å². The third kappa shape index (κ3) is 3.43. The summed E-state index contributed by atoms with van der Waals surface area (Å²) < 4.78 is 0. The average molecular weight is 241 g/mol. The number of rotatable bonds is 5. The van der Waals surface area contributed by atoms with Gasteiger partial charge in [-0.2, -0.15) is 0 Å². The second kappa shape index (κ2) is 6.00. The predicted molar refractivity (Wildman–Crippen MR) is 66.2 cm³/mol. The maximum absolute atomic E-state index is 12.1. The fraction of sp³-hybridized carbons (Fsp3) is 0.833. The topological polar surface area (TPSA) is 84.2 Å². The van der Waals surface area contributed by atoms with Crippen molar-refractivity contribution in [2.24, 2.45) is 11.7 Å². The molecule has 0 aromatic carbocycles. The summed E-state index contributed by atoms with van der Waals surface area (Å²) in [5, 5.41) is 5.77. The lowest BCUT2D eigenvalue weighted by Gasteiger charge is -2.34. The number of carbonyl (C=O) groups excluding carboxylic acids is 2. The van der Waals surface area contributed by atoms with Gasteiger partial charge in [-0.1, -0.05) is 13.8 Å². The largest absolute Gasteiger partial charge is 0.355 e.